The molecule has 0 atom stereocenters. The number of esters is 1. The fourth-order valence-corrected chi connectivity index (χ4v) is 3.29. The molecule has 0 radical (unpaired) electrons. The Morgan fingerprint density at radius 1 is 1.08 bits per heavy atom. The molecule has 0 spiro atoms. The van der Waals surface area contributed by atoms with Crippen LogP contribution in [-0.4, -0.2) is 42.4 Å². The number of benzene rings is 1. The van der Waals surface area contributed by atoms with Crippen molar-refractivity contribution in [1.82, 2.24) is 4.90 Å². The molecule has 0 aromatic heterocycles. The molecule has 0 unspecified atom stereocenters. The Kier molecular flexibility index (Phi) is 7.18. The minimum absolute atomic E-state index is 0.186. The normalized spacial score (nSPS) is 14.8. The van der Waals surface area contributed by atoms with Crippen LogP contribution < -0.4 is 5.32 Å². The van der Waals surface area contributed by atoms with Gasteiger partial charge in [-0.25, -0.2) is 0 Å². The van der Waals surface area contributed by atoms with Gasteiger partial charge in [-0.2, -0.15) is 0 Å². The Labute approximate surface area is 154 Å². The minimum atomic E-state index is -0.616. The summed E-state index contributed by atoms with van der Waals surface area (Å²) >= 11 is 0. The monoisotopic (exact) mass is 360 g/mol. The smallest absolute Gasteiger partial charge is 0.313 e. The van der Waals surface area contributed by atoms with Crippen molar-refractivity contribution < 1.29 is 19.1 Å². The van der Waals surface area contributed by atoms with E-state index >= 15 is 0 Å². The number of likely N-dealkylation sites (tertiary alicyclic amines) is 1. The summed E-state index contributed by atoms with van der Waals surface area (Å²) in [5.41, 5.74) is 2.79. The average Bonchev–Trinajstić information content (AvgIpc) is 2.67. The Balaban J connectivity index is 1.99. The van der Waals surface area contributed by atoms with Gasteiger partial charge in [0, 0.05) is 18.8 Å². The summed E-state index contributed by atoms with van der Waals surface area (Å²) in [5, 5.41) is 2.81. The number of piperidine rings is 1. The van der Waals surface area contributed by atoms with Gasteiger partial charge in [-0.05, 0) is 43.7 Å². The first-order valence-corrected chi connectivity index (χ1v) is 9.39. The number of amides is 2. The second kappa shape index (κ2) is 9.36. The predicted octanol–water partition coefficient (Wildman–Crippen LogP) is 2.55. The molecule has 0 aliphatic carbocycles. The molecule has 1 saturated heterocycles. The first kappa shape index (κ1) is 19.9. The van der Waals surface area contributed by atoms with E-state index in [0.29, 0.717) is 32.5 Å². The summed E-state index contributed by atoms with van der Waals surface area (Å²) in [6.07, 6.45) is 2.62. The molecule has 2 amide bonds. The van der Waals surface area contributed by atoms with E-state index < -0.39 is 11.8 Å². The lowest BCUT2D eigenvalue weighted by Gasteiger charge is -2.30. The Morgan fingerprint density at radius 3 is 2.15 bits per heavy atom. The molecule has 1 aromatic carbocycles. The number of anilines is 1. The molecule has 1 N–H and O–H groups in total. The van der Waals surface area contributed by atoms with Crippen LogP contribution >= 0.6 is 0 Å². The molecule has 26 heavy (non-hydrogen) atoms. The van der Waals surface area contributed by atoms with E-state index in [1.54, 1.807) is 6.92 Å². The summed E-state index contributed by atoms with van der Waals surface area (Å²) in [7, 11) is 0. The first-order chi connectivity index (χ1) is 12.5. The van der Waals surface area contributed by atoms with Gasteiger partial charge < -0.3 is 15.0 Å². The Hall–Kier alpha value is -2.37. The molecule has 142 valence electrons. The van der Waals surface area contributed by atoms with Crippen LogP contribution in [0, 0.1) is 5.92 Å². The fourth-order valence-electron chi connectivity index (χ4n) is 3.29. The molecule has 1 fully saturated rings. The lowest BCUT2D eigenvalue weighted by molar-refractivity contribution is -0.152. The van der Waals surface area contributed by atoms with E-state index in [-0.39, 0.29) is 11.9 Å². The van der Waals surface area contributed by atoms with E-state index in [2.05, 4.69) is 5.32 Å². The molecule has 1 aromatic rings. The minimum Gasteiger partial charge on any atom is -0.466 e. The highest BCUT2D eigenvalue weighted by atomic mass is 16.5. The van der Waals surface area contributed by atoms with Crippen LogP contribution in [-0.2, 0) is 32.0 Å². The predicted molar refractivity (Wildman–Crippen MR) is 99.8 cm³/mol. The Bertz CT molecular complexity index is 642. The number of rotatable bonds is 5. The van der Waals surface area contributed by atoms with Crippen LogP contribution in [0.2, 0.25) is 0 Å². The van der Waals surface area contributed by atoms with Gasteiger partial charge in [0.05, 0.1) is 12.5 Å². The zero-order valence-electron chi connectivity index (χ0n) is 15.8. The maximum Gasteiger partial charge on any atom is 0.313 e. The van der Waals surface area contributed by atoms with Gasteiger partial charge in [-0.15, -0.1) is 0 Å². The van der Waals surface area contributed by atoms with Crippen molar-refractivity contribution in [2.24, 2.45) is 5.92 Å². The van der Waals surface area contributed by atoms with Crippen LogP contribution in [0.4, 0.5) is 5.69 Å². The number of carbonyl (C=O) groups excluding carboxylic acids is 3. The standard InChI is InChI=1S/C20H28N2O4/c1-4-14-8-7-9-15(5-2)17(14)21-18(23)19(24)22-12-10-16(11-13-22)20(25)26-6-3/h7-9,16H,4-6,10-13H2,1-3H3,(H,21,23). The van der Waals surface area contributed by atoms with Crippen molar-refractivity contribution >= 4 is 23.5 Å². The van der Waals surface area contributed by atoms with Crippen molar-refractivity contribution in [3.05, 3.63) is 29.3 Å². The number of hydrogen-bond acceptors (Lipinski definition) is 4. The third-order valence-corrected chi connectivity index (χ3v) is 4.83. The van der Waals surface area contributed by atoms with E-state index in [9.17, 15) is 14.4 Å². The van der Waals surface area contributed by atoms with E-state index in [1.807, 2.05) is 32.0 Å². The van der Waals surface area contributed by atoms with Gasteiger partial charge in [0.2, 0.25) is 0 Å². The lowest BCUT2D eigenvalue weighted by atomic mass is 9.97. The van der Waals surface area contributed by atoms with Gasteiger partial charge in [-0.1, -0.05) is 32.0 Å². The second-order valence-corrected chi connectivity index (χ2v) is 6.43. The number of nitrogens with zero attached hydrogens (tertiary/aromatic N) is 1. The van der Waals surface area contributed by atoms with Crippen LogP contribution in [0.3, 0.4) is 0 Å². The Morgan fingerprint density at radius 2 is 1.65 bits per heavy atom. The number of para-hydroxylation sites is 1. The molecule has 1 aliphatic rings. The highest BCUT2D eigenvalue weighted by Gasteiger charge is 2.31. The van der Waals surface area contributed by atoms with Gasteiger partial charge >= 0.3 is 17.8 Å². The quantitative estimate of drug-likeness (QED) is 0.647. The number of nitrogens with one attached hydrogen (secondary N) is 1. The van der Waals surface area contributed by atoms with Gasteiger partial charge in [-0.3, -0.25) is 14.4 Å². The van der Waals surface area contributed by atoms with Crippen molar-refractivity contribution in [2.75, 3.05) is 25.0 Å². The summed E-state index contributed by atoms with van der Waals surface area (Å²) in [5.74, 6) is -1.56. The highest BCUT2D eigenvalue weighted by molar-refractivity contribution is 6.39. The average molecular weight is 360 g/mol. The number of ether oxygens (including phenoxy) is 1. The van der Waals surface area contributed by atoms with Crippen molar-refractivity contribution in [3.8, 4) is 0 Å². The summed E-state index contributed by atoms with van der Waals surface area (Å²) in [6.45, 7) is 6.97. The fraction of sp³-hybridized carbons (Fsp3) is 0.550. The summed E-state index contributed by atoms with van der Waals surface area (Å²) in [6, 6.07) is 5.89. The van der Waals surface area contributed by atoms with Crippen LogP contribution in [0.25, 0.3) is 0 Å². The van der Waals surface area contributed by atoms with E-state index in [1.165, 1.54) is 4.90 Å². The third kappa shape index (κ3) is 4.62. The van der Waals surface area contributed by atoms with Gasteiger partial charge in [0.25, 0.3) is 0 Å². The molecule has 0 bridgehead atoms. The van der Waals surface area contributed by atoms with Crippen molar-refractivity contribution in [1.29, 1.82) is 0 Å². The maximum absolute atomic E-state index is 12.5. The van der Waals surface area contributed by atoms with Crippen molar-refractivity contribution in [2.45, 2.75) is 46.5 Å². The zero-order chi connectivity index (χ0) is 19.1. The summed E-state index contributed by atoms with van der Waals surface area (Å²) < 4.78 is 5.03. The number of hydrogen-bond donors (Lipinski definition) is 1. The highest BCUT2D eigenvalue weighted by Crippen LogP contribution is 2.23. The van der Waals surface area contributed by atoms with Gasteiger partial charge in [0.1, 0.15) is 0 Å². The van der Waals surface area contributed by atoms with E-state index in [4.69, 9.17) is 4.74 Å². The molecule has 6 nitrogen and oxygen atoms in total. The third-order valence-electron chi connectivity index (χ3n) is 4.83. The molecule has 2 rings (SSSR count). The number of carbonyl (C=O) groups is 3. The van der Waals surface area contributed by atoms with Gasteiger partial charge in [0.15, 0.2) is 0 Å². The molecular formula is C20H28N2O4. The number of aryl methyl sites for hydroxylation is 2. The molecule has 1 heterocycles. The second-order valence-electron chi connectivity index (χ2n) is 6.43. The van der Waals surface area contributed by atoms with Crippen LogP contribution in [0.1, 0.15) is 44.7 Å². The first-order valence-electron chi connectivity index (χ1n) is 9.39. The molecule has 6 heteroatoms. The molecular weight excluding hydrogens is 332 g/mol. The zero-order valence-corrected chi connectivity index (χ0v) is 15.8. The van der Waals surface area contributed by atoms with Crippen LogP contribution in [0.15, 0.2) is 18.2 Å². The van der Waals surface area contributed by atoms with Crippen molar-refractivity contribution in [3.63, 3.8) is 0 Å². The van der Waals surface area contributed by atoms with E-state index in [0.717, 1.165) is 29.7 Å². The molecule has 1 aliphatic heterocycles. The SMILES string of the molecule is CCOC(=O)C1CCN(C(=O)C(=O)Nc2c(CC)cccc2CC)CC1. The molecule has 0 saturated carbocycles. The topological polar surface area (TPSA) is 75.7 Å². The lowest BCUT2D eigenvalue weighted by Crippen LogP contribution is -2.45. The maximum atomic E-state index is 12.5. The summed E-state index contributed by atoms with van der Waals surface area (Å²) in [4.78, 5) is 38.3. The van der Waals surface area contributed by atoms with Crippen LogP contribution in [0.5, 0.6) is 0 Å². The largest absolute Gasteiger partial charge is 0.466 e.